The maximum absolute atomic E-state index is 11.0. The summed E-state index contributed by atoms with van der Waals surface area (Å²) in [5.41, 5.74) is 0.561. The van der Waals surface area contributed by atoms with Crippen LogP contribution < -0.4 is 5.32 Å². The molecule has 0 aliphatic carbocycles. The molecule has 2 rings (SSSR count). The van der Waals surface area contributed by atoms with Crippen LogP contribution in [0.1, 0.15) is 19.8 Å². The van der Waals surface area contributed by atoms with Crippen molar-refractivity contribution in [2.75, 3.05) is 26.2 Å². The smallest absolute Gasteiger partial charge is 0.219 e. The Morgan fingerprint density at radius 3 is 2.00 bits per heavy atom. The second-order valence-corrected chi connectivity index (χ2v) is 4.11. The van der Waals surface area contributed by atoms with Crippen molar-refractivity contribution in [1.29, 1.82) is 0 Å². The average Bonchev–Trinajstić information content (AvgIpc) is 2.02. The predicted octanol–water partition coefficient (Wildman–Crippen LogP) is 1.06. The minimum Gasteiger partial charge on any atom is -0.343 e. The van der Waals surface area contributed by atoms with Gasteiger partial charge in [-0.15, -0.1) is 24.8 Å². The van der Waals surface area contributed by atoms with Crippen LogP contribution in [0.25, 0.3) is 0 Å². The molecule has 2 saturated heterocycles. The molecule has 3 nitrogen and oxygen atoms in total. The largest absolute Gasteiger partial charge is 0.343 e. The first-order valence-electron chi connectivity index (χ1n) is 4.68. The predicted molar refractivity (Wildman–Crippen MR) is 61.3 cm³/mol. The Morgan fingerprint density at radius 2 is 1.71 bits per heavy atom. The van der Waals surface area contributed by atoms with E-state index in [1.54, 1.807) is 6.92 Å². The number of halogens is 2. The monoisotopic (exact) mass is 240 g/mol. The van der Waals surface area contributed by atoms with Gasteiger partial charge in [0.2, 0.25) is 5.91 Å². The number of rotatable bonds is 0. The van der Waals surface area contributed by atoms with E-state index in [4.69, 9.17) is 0 Å². The Hall–Kier alpha value is 0.01000. The molecule has 0 radical (unpaired) electrons. The lowest BCUT2D eigenvalue weighted by Crippen LogP contribution is -2.58. The molecule has 2 aliphatic rings. The number of piperidine rings is 1. The van der Waals surface area contributed by atoms with E-state index in [-0.39, 0.29) is 30.7 Å². The lowest BCUT2D eigenvalue weighted by Gasteiger charge is -2.48. The first-order valence-corrected chi connectivity index (χ1v) is 4.68. The molecule has 1 N–H and O–H groups in total. The Kier molecular flexibility index (Phi) is 5.20. The van der Waals surface area contributed by atoms with Gasteiger partial charge < -0.3 is 10.2 Å². The molecule has 14 heavy (non-hydrogen) atoms. The molecular weight excluding hydrogens is 223 g/mol. The van der Waals surface area contributed by atoms with Gasteiger partial charge in [0.1, 0.15) is 0 Å². The van der Waals surface area contributed by atoms with Gasteiger partial charge in [-0.25, -0.2) is 0 Å². The molecule has 1 amide bonds. The van der Waals surface area contributed by atoms with Crippen LogP contribution in [0.2, 0.25) is 0 Å². The Balaban J connectivity index is 0.000000845. The lowest BCUT2D eigenvalue weighted by molar-refractivity contribution is -0.131. The molecule has 0 atom stereocenters. The number of nitrogens with zero attached hydrogens (tertiary/aromatic N) is 1. The zero-order valence-corrected chi connectivity index (χ0v) is 10.0. The van der Waals surface area contributed by atoms with Crippen molar-refractivity contribution in [3.05, 3.63) is 0 Å². The number of carbonyl (C=O) groups excluding carboxylic acids is 1. The highest BCUT2D eigenvalue weighted by Crippen LogP contribution is 2.34. The number of amides is 1. The topological polar surface area (TPSA) is 32.3 Å². The molecule has 0 unspecified atom stereocenters. The third-order valence-corrected chi connectivity index (χ3v) is 3.27. The number of nitrogens with one attached hydrogen (secondary N) is 1. The lowest BCUT2D eigenvalue weighted by atomic mass is 9.73. The molecule has 0 bridgehead atoms. The van der Waals surface area contributed by atoms with E-state index in [1.165, 1.54) is 25.9 Å². The molecule has 2 fully saturated rings. The molecule has 5 heteroatoms. The van der Waals surface area contributed by atoms with Crippen molar-refractivity contribution in [1.82, 2.24) is 10.2 Å². The highest BCUT2D eigenvalue weighted by atomic mass is 35.5. The molecule has 0 aromatic carbocycles. The second-order valence-electron chi connectivity index (χ2n) is 4.11. The van der Waals surface area contributed by atoms with Crippen LogP contribution in [0.4, 0.5) is 0 Å². The van der Waals surface area contributed by atoms with E-state index in [1.807, 2.05) is 4.90 Å². The zero-order valence-electron chi connectivity index (χ0n) is 8.41. The Labute approximate surface area is 97.4 Å². The first kappa shape index (κ1) is 14.0. The standard InChI is InChI=1S/C9H16N2O.2ClH/c1-8(12)11-4-2-9(3-5-11)6-10-7-9;;/h10H,2-7H2,1H3;2*1H. The SMILES string of the molecule is CC(=O)N1CCC2(CC1)CNC2.Cl.Cl. The van der Waals surface area contributed by atoms with Crippen molar-refractivity contribution in [2.45, 2.75) is 19.8 Å². The quantitative estimate of drug-likeness (QED) is 0.687. The van der Waals surface area contributed by atoms with E-state index in [2.05, 4.69) is 5.32 Å². The van der Waals surface area contributed by atoms with Crippen LogP contribution in [-0.4, -0.2) is 37.0 Å². The van der Waals surface area contributed by atoms with E-state index in [9.17, 15) is 4.79 Å². The second kappa shape index (κ2) is 5.19. The molecule has 0 aromatic heterocycles. The Morgan fingerprint density at radius 1 is 1.21 bits per heavy atom. The summed E-state index contributed by atoms with van der Waals surface area (Å²) in [6.45, 7) is 5.93. The third-order valence-electron chi connectivity index (χ3n) is 3.27. The summed E-state index contributed by atoms with van der Waals surface area (Å²) in [7, 11) is 0. The number of hydrogen-bond acceptors (Lipinski definition) is 2. The van der Waals surface area contributed by atoms with Crippen molar-refractivity contribution in [3.63, 3.8) is 0 Å². The van der Waals surface area contributed by atoms with Gasteiger partial charge in [-0.3, -0.25) is 4.79 Å². The van der Waals surface area contributed by atoms with Crippen LogP contribution in [0, 0.1) is 5.41 Å². The maximum atomic E-state index is 11.0. The van der Waals surface area contributed by atoms with E-state index < -0.39 is 0 Å². The summed E-state index contributed by atoms with van der Waals surface area (Å²) in [5.74, 6) is 0.233. The first-order chi connectivity index (χ1) is 5.72. The number of hydrogen-bond donors (Lipinski definition) is 1. The van der Waals surface area contributed by atoms with Crippen LogP contribution in [0.15, 0.2) is 0 Å². The fourth-order valence-corrected chi connectivity index (χ4v) is 2.13. The van der Waals surface area contributed by atoms with Gasteiger partial charge in [0, 0.05) is 33.1 Å². The molecule has 2 heterocycles. The van der Waals surface area contributed by atoms with Gasteiger partial charge in [0.15, 0.2) is 0 Å². The van der Waals surface area contributed by atoms with Crippen LogP contribution in [0.5, 0.6) is 0 Å². The zero-order chi connectivity index (χ0) is 8.60. The molecule has 2 aliphatic heterocycles. The van der Waals surface area contributed by atoms with Gasteiger partial charge in [0.25, 0.3) is 0 Å². The van der Waals surface area contributed by atoms with Gasteiger partial charge in [0.05, 0.1) is 0 Å². The molecule has 84 valence electrons. The van der Waals surface area contributed by atoms with Gasteiger partial charge in [-0.2, -0.15) is 0 Å². The molecule has 0 aromatic rings. The highest BCUT2D eigenvalue weighted by molar-refractivity contribution is 5.85. The summed E-state index contributed by atoms with van der Waals surface area (Å²) in [6, 6.07) is 0. The summed E-state index contributed by atoms with van der Waals surface area (Å²) in [6.07, 6.45) is 2.39. The fourth-order valence-electron chi connectivity index (χ4n) is 2.13. The number of carbonyl (C=O) groups is 1. The maximum Gasteiger partial charge on any atom is 0.219 e. The third kappa shape index (κ3) is 2.53. The Bertz CT molecular complexity index is 197. The summed E-state index contributed by atoms with van der Waals surface area (Å²) in [5, 5.41) is 3.31. The van der Waals surface area contributed by atoms with Crippen molar-refractivity contribution >= 4 is 30.7 Å². The van der Waals surface area contributed by atoms with Crippen molar-refractivity contribution in [3.8, 4) is 0 Å². The average molecular weight is 241 g/mol. The van der Waals surface area contributed by atoms with Gasteiger partial charge in [-0.05, 0) is 18.3 Å². The molecule has 0 saturated carbocycles. The van der Waals surface area contributed by atoms with Crippen LogP contribution >= 0.6 is 24.8 Å². The van der Waals surface area contributed by atoms with E-state index >= 15 is 0 Å². The van der Waals surface area contributed by atoms with Crippen molar-refractivity contribution < 1.29 is 4.79 Å². The molecule has 1 spiro atoms. The van der Waals surface area contributed by atoms with Crippen LogP contribution in [-0.2, 0) is 4.79 Å². The van der Waals surface area contributed by atoms with Crippen molar-refractivity contribution in [2.24, 2.45) is 5.41 Å². The minimum absolute atomic E-state index is 0. The number of likely N-dealkylation sites (tertiary alicyclic amines) is 1. The normalized spacial score (nSPS) is 23.1. The minimum atomic E-state index is 0. The molecular formula is C9H18Cl2N2O. The van der Waals surface area contributed by atoms with Gasteiger partial charge in [-0.1, -0.05) is 0 Å². The summed E-state index contributed by atoms with van der Waals surface area (Å²) >= 11 is 0. The summed E-state index contributed by atoms with van der Waals surface area (Å²) in [4.78, 5) is 13.0. The highest BCUT2D eigenvalue weighted by Gasteiger charge is 2.39. The van der Waals surface area contributed by atoms with Gasteiger partial charge >= 0.3 is 0 Å². The fraction of sp³-hybridized carbons (Fsp3) is 0.889. The summed E-state index contributed by atoms with van der Waals surface area (Å²) < 4.78 is 0. The van der Waals surface area contributed by atoms with E-state index in [0.717, 1.165) is 13.1 Å². The van der Waals surface area contributed by atoms with Crippen LogP contribution in [0.3, 0.4) is 0 Å². The van der Waals surface area contributed by atoms with E-state index in [0.29, 0.717) is 5.41 Å².